The van der Waals surface area contributed by atoms with Gasteiger partial charge in [0, 0.05) is 17.8 Å². The van der Waals surface area contributed by atoms with Crippen LogP contribution >= 0.6 is 0 Å². The van der Waals surface area contributed by atoms with Gasteiger partial charge in [-0.15, -0.1) is 0 Å². The number of nitrogens with zero attached hydrogens (tertiary/aromatic N) is 4. The van der Waals surface area contributed by atoms with Crippen LogP contribution in [0.25, 0.3) is 28.7 Å². The molecule has 4 rings (SSSR count). The molecule has 2 aromatic carbocycles. The van der Waals surface area contributed by atoms with E-state index >= 15 is 0 Å². The first kappa shape index (κ1) is 17.7. The third kappa shape index (κ3) is 3.42. The molecule has 0 aliphatic carbocycles. The summed E-state index contributed by atoms with van der Waals surface area (Å²) in [6, 6.07) is 14.7. The lowest BCUT2D eigenvalue weighted by atomic mass is 10.1. The highest BCUT2D eigenvalue weighted by molar-refractivity contribution is 5.58. The first-order chi connectivity index (χ1) is 13.5. The minimum Gasteiger partial charge on any atom is -0.497 e. The number of rotatable bonds is 4. The van der Waals surface area contributed by atoms with Gasteiger partial charge in [-0.1, -0.05) is 11.2 Å². The van der Waals surface area contributed by atoms with Gasteiger partial charge in [-0.3, -0.25) is 4.79 Å². The van der Waals surface area contributed by atoms with Gasteiger partial charge >= 0.3 is 0 Å². The number of aryl methyl sites for hydroxylation is 2. The number of aromatic nitrogens is 4. The maximum atomic E-state index is 12.3. The van der Waals surface area contributed by atoms with Gasteiger partial charge in [-0.25, -0.2) is 4.68 Å². The second-order valence-electron chi connectivity index (χ2n) is 6.47. The maximum Gasteiger partial charge on any atom is 0.282 e. The van der Waals surface area contributed by atoms with Gasteiger partial charge in [0.25, 0.3) is 5.89 Å². The van der Waals surface area contributed by atoms with Crippen LogP contribution in [0.2, 0.25) is 0 Å². The average molecular weight is 374 g/mol. The van der Waals surface area contributed by atoms with Crippen LogP contribution in [-0.2, 0) is 0 Å². The van der Waals surface area contributed by atoms with Gasteiger partial charge in [-0.2, -0.15) is 10.1 Å². The third-order valence-corrected chi connectivity index (χ3v) is 4.26. The Labute approximate surface area is 161 Å². The van der Waals surface area contributed by atoms with E-state index in [-0.39, 0.29) is 17.0 Å². The van der Waals surface area contributed by atoms with E-state index in [0.717, 1.165) is 28.1 Å². The van der Waals surface area contributed by atoms with Gasteiger partial charge < -0.3 is 9.26 Å². The van der Waals surface area contributed by atoms with E-state index in [9.17, 15) is 4.79 Å². The molecule has 0 unspecified atom stereocenters. The van der Waals surface area contributed by atoms with Crippen LogP contribution in [0.15, 0.2) is 64.0 Å². The van der Waals surface area contributed by atoms with Crippen molar-refractivity contribution in [2.24, 2.45) is 0 Å². The van der Waals surface area contributed by atoms with Crippen molar-refractivity contribution in [2.45, 2.75) is 13.8 Å². The molecule has 0 spiro atoms. The molecule has 0 bridgehead atoms. The first-order valence-electron chi connectivity index (χ1n) is 8.70. The number of hydrogen-bond donors (Lipinski definition) is 0. The largest absolute Gasteiger partial charge is 0.497 e. The Morgan fingerprint density at radius 3 is 2.39 bits per heavy atom. The van der Waals surface area contributed by atoms with Crippen LogP contribution in [0.4, 0.5) is 0 Å². The molecule has 140 valence electrons. The van der Waals surface area contributed by atoms with Crippen LogP contribution < -0.4 is 10.2 Å². The summed E-state index contributed by atoms with van der Waals surface area (Å²) in [5.41, 5.74) is 3.64. The summed E-state index contributed by atoms with van der Waals surface area (Å²) in [5.74, 6) is 1.18. The highest BCUT2D eigenvalue weighted by Gasteiger charge is 2.16. The molecule has 0 atom stereocenters. The van der Waals surface area contributed by atoms with Crippen molar-refractivity contribution in [3.05, 3.63) is 76.1 Å². The molecule has 0 aliphatic rings. The lowest BCUT2D eigenvalue weighted by Crippen LogP contribution is -2.13. The maximum absolute atomic E-state index is 12.3. The van der Waals surface area contributed by atoms with E-state index < -0.39 is 0 Å². The molecule has 0 radical (unpaired) electrons. The number of benzene rings is 2. The lowest BCUT2D eigenvalue weighted by molar-refractivity contribution is 0.414. The second kappa shape index (κ2) is 7.11. The molecular formula is C21H18N4O3. The van der Waals surface area contributed by atoms with Crippen LogP contribution in [0, 0.1) is 13.8 Å². The van der Waals surface area contributed by atoms with Crippen LogP contribution in [0.1, 0.15) is 11.1 Å². The lowest BCUT2D eigenvalue weighted by Gasteiger charge is -2.08. The zero-order chi connectivity index (χ0) is 19.7. The molecule has 0 amide bonds. The summed E-state index contributed by atoms with van der Waals surface area (Å²) in [4.78, 5) is 16.7. The molecule has 4 aromatic rings. The molecule has 7 heteroatoms. The minimum atomic E-state index is -0.287. The van der Waals surface area contributed by atoms with Crippen molar-refractivity contribution >= 4 is 0 Å². The summed E-state index contributed by atoms with van der Waals surface area (Å²) in [5, 5.41) is 8.39. The summed E-state index contributed by atoms with van der Waals surface area (Å²) in [7, 11) is 1.60. The summed E-state index contributed by atoms with van der Waals surface area (Å²) in [6.07, 6.45) is 1.63. The van der Waals surface area contributed by atoms with Gasteiger partial charge in [0.15, 0.2) is 5.69 Å². The van der Waals surface area contributed by atoms with Crippen LogP contribution in [-0.4, -0.2) is 27.0 Å². The molecule has 0 aliphatic heterocycles. The first-order valence-corrected chi connectivity index (χ1v) is 8.70. The predicted molar refractivity (Wildman–Crippen MR) is 105 cm³/mol. The number of hydrogen-bond acceptors (Lipinski definition) is 6. The quantitative estimate of drug-likeness (QED) is 0.543. The highest BCUT2D eigenvalue weighted by Crippen LogP contribution is 2.22. The standard InChI is InChI=1S/C21H18N4O3/c1-13-10-14(2)12-16(11-13)25-9-8-18(26)19(23-25)21-22-20(24-28-21)15-4-6-17(27-3)7-5-15/h4-12H,1-3H3. The molecule has 0 fully saturated rings. The average Bonchev–Trinajstić information content (AvgIpc) is 3.17. The van der Waals surface area contributed by atoms with Crippen molar-refractivity contribution in [1.29, 1.82) is 0 Å². The molecule has 7 nitrogen and oxygen atoms in total. The fourth-order valence-electron chi connectivity index (χ4n) is 2.96. The van der Waals surface area contributed by atoms with E-state index in [1.165, 1.54) is 6.07 Å². The zero-order valence-electron chi connectivity index (χ0n) is 15.7. The summed E-state index contributed by atoms with van der Waals surface area (Å²) in [6.45, 7) is 4.03. The molecule has 0 saturated heterocycles. The van der Waals surface area contributed by atoms with E-state index in [2.05, 4.69) is 21.3 Å². The van der Waals surface area contributed by atoms with E-state index in [4.69, 9.17) is 9.26 Å². The van der Waals surface area contributed by atoms with E-state index in [1.54, 1.807) is 30.1 Å². The Kier molecular flexibility index (Phi) is 4.49. The minimum absolute atomic E-state index is 0.0783. The Balaban J connectivity index is 1.73. The normalized spacial score (nSPS) is 10.8. The monoisotopic (exact) mass is 374 g/mol. The highest BCUT2D eigenvalue weighted by atomic mass is 16.5. The smallest absolute Gasteiger partial charge is 0.282 e. The second-order valence-corrected chi connectivity index (χ2v) is 6.47. The van der Waals surface area contributed by atoms with Crippen molar-refractivity contribution in [3.63, 3.8) is 0 Å². The van der Waals surface area contributed by atoms with Crippen molar-refractivity contribution < 1.29 is 9.26 Å². The Hall–Kier alpha value is -3.74. The Morgan fingerprint density at radius 2 is 1.71 bits per heavy atom. The van der Waals surface area contributed by atoms with Gasteiger partial charge in [0.1, 0.15) is 5.75 Å². The van der Waals surface area contributed by atoms with Gasteiger partial charge in [-0.05, 0) is 61.4 Å². The molecule has 2 aromatic heterocycles. The third-order valence-electron chi connectivity index (χ3n) is 4.26. The number of ether oxygens (including phenoxy) is 1. The van der Waals surface area contributed by atoms with Crippen molar-refractivity contribution in [2.75, 3.05) is 7.11 Å². The molecular weight excluding hydrogens is 356 g/mol. The molecule has 28 heavy (non-hydrogen) atoms. The summed E-state index contributed by atoms with van der Waals surface area (Å²) >= 11 is 0. The fourth-order valence-corrected chi connectivity index (χ4v) is 2.96. The van der Waals surface area contributed by atoms with Gasteiger partial charge in [0.2, 0.25) is 11.3 Å². The van der Waals surface area contributed by atoms with Gasteiger partial charge in [0.05, 0.1) is 12.8 Å². The molecule has 2 heterocycles. The fraction of sp³-hybridized carbons (Fsp3) is 0.143. The Morgan fingerprint density at radius 1 is 1.00 bits per heavy atom. The predicted octanol–water partition coefficient (Wildman–Crippen LogP) is 3.57. The SMILES string of the molecule is COc1ccc(-c2noc(-c3nn(-c4cc(C)cc(C)c4)ccc3=O)n2)cc1. The summed E-state index contributed by atoms with van der Waals surface area (Å²) < 4.78 is 12.1. The topological polar surface area (TPSA) is 83.0 Å². The van der Waals surface area contributed by atoms with E-state index in [1.807, 2.05) is 38.1 Å². The van der Waals surface area contributed by atoms with Crippen LogP contribution in [0.3, 0.4) is 0 Å². The number of methoxy groups -OCH3 is 1. The van der Waals surface area contributed by atoms with E-state index in [0.29, 0.717) is 5.82 Å². The van der Waals surface area contributed by atoms with Crippen molar-refractivity contribution in [1.82, 2.24) is 19.9 Å². The van der Waals surface area contributed by atoms with Crippen molar-refractivity contribution in [3.8, 4) is 34.4 Å². The Bertz CT molecular complexity index is 1170. The zero-order valence-corrected chi connectivity index (χ0v) is 15.7. The van der Waals surface area contributed by atoms with Crippen LogP contribution in [0.5, 0.6) is 5.75 Å². The molecule has 0 N–H and O–H groups in total. The molecule has 0 saturated carbocycles.